The van der Waals surface area contributed by atoms with Crippen LogP contribution in [0.25, 0.3) is 0 Å². The Morgan fingerprint density at radius 1 is 1.20 bits per heavy atom. The molecular formula is C10H11Cl2NO2. The molecule has 1 aliphatic rings. The van der Waals surface area contributed by atoms with Crippen LogP contribution in [0.4, 0.5) is 0 Å². The van der Waals surface area contributed by atoms with Crippen molar-refractivity contribution in [3.8, 4) is 0 Å². The van der Waals surface area contributed by atoms with Crippen LogP contribution in [0.5, 0.6) is 0 Å². The van der Waals surface area contributed by atoms with Crippen LogP contribution in [0, 0.1) is 0 Å². The van der Waals surface area contributed by atoms with Gasteiger partial charge in [-0.25, -0.2) is 0 Å². The van der Waals surface area contributed by atoms with Crippen molar-refractivity contribution in [1.29, 1.82) is 0 Å². The molecule has 0 amide bonds. The summed E-state index contributed by atoms with van der Waals surface area (Å²) in [6.45, 7) is 1.19. The minimum absolute atomic E-state index is 0.191. The maximum atomic E-state index is 6.08. The molecule has 15 heavy (non-hydrogen) atoms. The van der Waals surface area contributed by atoms with Gasteiger partial charge in [0, 0.05) is 5.56 Å². The Labute approximate surface area is 98.1 Å². The van der Waals surface area contributed by atoms with Crippen molar-refractivity contribution in [3.05, 3.63) is 33.8 Å². The fourth-order valence-electron chi connectivity index (χ4n) is 1.68. The number of halogens is 2. The molecule has 0 saturated carbocycles. The van der Waals surface area contributed by atoms with E-state index >= 15 is 0 Å². The molecule has 1 heterocycles. The molecular weight excluding hydrogens is 237 g/mol. The van der Waals surface area contributed by atoms with E-state index in [1.807, 2.05) is 0 Å². The highest BCUT2D eigenvalue weighted by atomic mass is 35.5. The van der Waals surface area contributed by atoms with Crippen LogP contribution in [-0.2, 0) is 15.3 Å². The van der Waals surface area contributed by atoms with E-state index in [0.29, 0.717) is 28.8 Å². The van der Waals surface area contributed by atoms with Crippen molar-refractivity contribution in [2.45, 2.75) is 5.79 Å². The molecule has 0 radical (unpaired) electrons. The van der Waals surface area contributed by atoms with Gasteiger partial charge in [-0.3, -0.25) is 0 Å². The lowest BCUT2D eigenvalue weighted by Gasteiger charge is -2.27. The van der Waals surface area contributed by atoms with Crippen LogP contribution in [0.15, 0.2) is 18.2 Å². The molecule has 2 rings (SSSR count). The highest BCUT2D eigenvalue weighted by molar-refractivity contribution is 6.36. The second-order valence-electron chi connectivity index (χ2n) is 3.25. The molecule has 2 N–H and O–H groups in total. The van der Waals surface area contributed by atoms with E-state index in [4.69, 9.17) is 38.4 Å². The minimum atomic E-state index is -0.977. The average molecular weight is 248 g/mol. The Balaban J connectivity index is 2.51. The van der Waals surface area contributed by atoms with E-state index in [2.05, 4.69) is 0 Å². The van der Waals surface area contributed by atoms with Gasteiger partial charge in [0.05, 0.1) is 29.8 Å². The Kier molecular flexibility index (Phi) is 3.19. The van der Waals surface area contributed by atoms with Gasteiger partial charge in [-0.05, 0) is 12.1 Å². The molecule has 0 bridgehead atoms. The second-order valence-corrected chi connectivity index (χ2v) is 4.07. The lowest BCUT2D eigenvalue weighted by atomic mass is 10.1. The maximum absolute atomic E-state index is 6.08. The van der Waals surface area contributed by atoms with Gasteiger partial charge in [0.2, 0.25) is 5.79 Å². The van der Waals surface area contributed by atoms with Gasteiger partial charge in [0.15, 0.2) is 0 Å². The monoisotopic (exact) mass is 247 g/mol. The fraction of sp³-hybridized carbons (Fsp3) is 0.400. The van der Waals surface area contributed by atoms with Crippen LogP contribution in [-0.4, -0.2) is 19.8 Å². The molecule has 1 aromatic carbocycles. The molecule has 5 heteroatoms. The summed E-state index contributed by atoms with van der Waals surface area (Å²) < 4.78 is 11.0. The summed E-state index contributed by atoms with van der Waals surface area (Å²) in [7, 11) is 0. The quantitative estimate of drug-likeness (QED) is 0.872. The number of hydrogen-bond donors (Lipinski definition) is 1. The SMILES string of the molecule is NCC1(c2c(Cl)cccc2Cl)OCCO1. The predicted octanol–water partition coefficient (Wildman–Crippen LogP) is 2.15. The van der Waals surface area contributed by atoms with E-state index < -0.39 is 5.79 Å². The lowest BCUT2D eigenvalue weighted by Crippen LogP contribution is -2.36. The summed E-state index contributed by atoms with van der Waals surface area (Å²) in [6.07, 6.45) is 0. The van der Waals surface area contributed by atoms with E-state index in [1.54, 1.807) is 18.2 Å². The molecule has 1 fully saturated rings. The van der Waals surface area contributed by atoms with Gasteiger partial charge < -0.3 is 15.2 Å². The predicted molar refractivity (Wildman–Crippen MR) is 59.1 cm³/mol. The van der Waals surface area contributed by atoms with Crippen molar-refractivity contribution in [2.24, 2.45) is 5.73 Å². The van der Waals surface area contributed by atoms with E-state index in [1.165, 1.54) is 0 Å². The normalized spacial score (nSPS) is 19.4. The van der Waals surface area contributed by atoms with Gasteiger partial charge in [0.25, 0.3) is 0 Å². The van der Waals surface area contributed by atoms with Crippen LogP contribution in [0.3, 0.4) is 0 Å². The summed E-state index contributed by atoms with van der Waals surface area (Å²) in [5, 5.41) is 1.02. The standard InChI is InChI=1S/C10H11Cl2NO2/c11-7-2-1-3-8(12)9(7)10(6-13)14-4-5-15-10/h1-3H,4-6,13H2. The van der Waals surface area contributed by atoms with E-state index in [9.17, 15) is 0 Å². The average Bonchev–Trinajstić information content (AvgIpc) is 2.67. The topological polar surface area (TPSA) is 44.5 Å². The number of benzene rings is 1. The van der Waals surface area contributed by atoms with Crippen LogP contribution < -0.4 is 5.73 Å². The Morgan fingerprint density at radius 2 is 1.73 bits per heavy atom. The zero-order chi connectivity index (χ0) is 10.9. The summed E-state index contributed by atoms with van der Waals surface area (Å²) in [5.41, 5.74) is 6.29. The van der Waals surface area contributed by atoms with Crippen molar-refractivity contribution in [3.63, 3.8) is 0 Å². The first-order valence-corrected chi connectivity index (χ1v) is 5.38. The summed E-state index contributed by atoms with van der Waals surface area (Å²) in [4.78, 5) is 0. The van der Waals surface area contributed by atoms with Crippen molar-refractivity contribution in [2.75, 3.05) is 19.8 Å². The van der Waals surface area contributed by atoms with Crippen molar-refractivity contribution in [1.82, 2.24) is 0 Å². The Bertz CT molecular complexity index is 344. The fourth-order valence-corrected chi connectivity index (χ4v) is 2.37. The van der Waals surface area contributed by atoms with E-state index in [-0.39, 0.29) is 6.54 Å². The third-order valence-corrected chi connectivity index (χ3v) is 3.00. The number of ether oxygens (including phenoxy) is 2. The molecule has 0 atom stereocenters. The number of hydrogen-bond acceptors (Lipinski definition) is 3. The third kappa shape index (κ3) is 1.86. The first kappa shape index (κ1) is 11.2. The molecule has 1 aliphatic heterocycles. The summed E-state index contributed by atoms with van der Waals surface area (Å²) >= 11 is 12.2. The zero-order valence-electron chi connectivity index (χ0n) is 8.00. The highest BCUT2D eigenvalue weighted by Gasteiger charge is 2.40. The number of nitrogens with two attached hydrogens (primary N) is 1. The Morgan fingerprint density at radius 3 is 2.20 bits per heavy atom. The number of rotatable bonds is 2. The summed E-state index contributed by atoms with van der Waals surface area (Å²) in [5.74, 6) is -0.977. The minimum Gasteiger partial charge on any atom is -0.342 e. The maximum Gasteiger partial charge on any atom is 0.210 e. The molecule has 0 aliphatic carbocycles. The van der Waals surface area contributed by atoms with Gasteiger partial charge in [0.1, 0.15) is 0 Å². The molecule has 0 unspecified atom stereocenters. The highest BCUT2D eigenvalue weighted by Crippen LogP contribution is 2.39. The largest absolute Gasteiger partial charge is 0.342 e. The van der Waals surface area contributed by atoms with Crippen LogP contribution in [0.1, 0.15) is 5.56 Å². The van der Waals surface area contributed by atoms with E-state index in [0.717, 1.165) is 0 Å². The first-order valence-electron chi connectivity index (χ1n) is 4.62. The van der Waals surface area contributed by atoms with Crippen LogP contribution in [0.2, 0.25) is 10.0 Å². The molecule has 1 aromatic rings. The van der Waals surface area contributed by atoms with Gasteiger partial charge in [-0.15, -0.1) is 0 Å². The molecule has 0 spiro atoms. The molecule has 3 nitrogen and oxygen atoms in total. The molecule has 1 saturated heterocycles. The smallest absolute Gasteiger partial charge is 0.210 e. The van der Waals surface area contributed by atoms with Crippen LogP contribution >= 0.6 is 23.2 Å². The first-order chi connectivity index (χ1) is 7.19. The van der Waals surface area contributed by atoms with Gasteiger partial charge in [-0.1, -0.05) is 29.3 Å². The molecule has 82 valence electrons. The molecule has 0 aromatic heterocycles. The van der Waals surface area contributed by atoms with Gasteiger partial charge >= 0.3 is 0 Å². The van der Waals surface area contributed by atoms with Gasteiger partial charge in [-0.2, -0.15) is 0 Å². The lowest BCUT2D eigenvalue weighted by molar-refractivity contribution is -0.156. The zero-order valence-corrected chi connectivity index (χ0v) is 9.52. The van der Waals surface area contributed by atoms with Crippen molar-refractivity contribution >= 4 is 23.2 Å². The third-order valence-electron chi connectivity index (χ3n) is 2.37. The summed E-state index contributed by atoms with van der Waals surface area (Å²) in [6, 6.07) is 5.25. The Hall–Kier alpha value is -0.320. The second kappa shape index (κ2) is 4.28. The van der Waals surface area contributed by atoms with Crippen molar-refractivity contribution < 1.29 is 9.47 Å².